The second-order valence-electron chi connectivity index (χ2n) is 5.65. The Balaban J connectivity index is 0.00000144. The van der Waals surface area contributed by atoms with Crippen molar-refractivity contribution in [3.63, 3.8) is 0 Å². The molecule has 6 nitrogen and oxygen atoms in total. The molecule has 1 aliphatic heterocycles. The Hall–Kier alpha value is -1.34. The summed E-state index contributed by atoms with van der Waals surface area (Å²) < 4.78 is 2.18. The number of carbonyl (C=O) groups excluding carboxylic acids is 1. The van der Waals surface area contributed by atoms with Crippen LogP contribution in [0.15, 0.2) is 24.3 Å². The van der Waals surface area contributed by atoms with Crippen molar-refractivity contribution in [1.82, 2.24) is 20.2 Å². The van der Waals surface area contributed by atoms with Gasteiger partial charge in [0.2, 0.25) is 5.91 Å². The number of halogens is 2. The number of rotatable bonds is 5. The lowest BCUT2D eigenvalue weighted by atomic mass is 10.2. The molecule has 3 N–H and O–H groups in total. The summed E-state index contributed by atoms with van der Waals surface area (Å²) in [5.74, 6) is 0.944. The van der Waals surface area contributed by atoms with Crippen LogP contribution in [-0.4, -0.2) is 45.8 Å². The maximum absolute atomic E-state index is 12.0. The van der Waals surface area contributed by atoms with Gasteiger partial charge in [-0.25, -0.2) is 4.98 Å². The Morgan fingerprint density at radius 3 is 2.83 bits per heavy atom. The minimum absolute atomic E-state index is 0. The van der Waals surface area contributed by atoms with Gasteiger partial charge >= 0.3 is 0 Å². The van der Waals surface area contributed by atoms with E-state index in [1.165, 1.54) is 0 Å². The van der Waals surface area contributed by atoms with E-state index in [0.717, 1.165) is 23.4 Å². The van der Waals surface area contributed by atoms with E-state index in [0.29, 0.717) is 25.9 Å². The topological polar surface area (TPSA) is 79.2 Å². The number of aliphatic hydroxyl groups excluding tert-OH is 1. The summed E-state index contributed by atoms with van der Waals surface area (Å²) in [4.78, 5) is 16.6. The van der Waals surface area contributed by atoms with E-state index in [1.807, 2.05) is 18.2 Å². The number of carbonyl (C=O) groups is 1. The second-order valence-corrected chi connectivity index (χ2v) is 5.65. The van der Waals surface area contributed by atoms with Crippen molar-refractivity contribution in [2.75, 3.05) is 13.1 Å². The third-order valence-corrected chi connectivity index (χ3v) is 4.12. The molecule has 1 aromatic carbocycles. The predicted octanol–water partition coefficient (Wildman–Crippen LogP) is 1.28. The van der Waals surface area contributed by atoms with Gasteiger partial charge in [-0.15, -0.1) is 24.8 Å². The first-order valence-corrected chi connectivity index (χ1v) is 7.82. The molecule has 1 aromatic heterocycles. The number of nitrogens with zero attached hydrogens (tertiary/aromatic N) is 2. The van der Waals surface area contributed by atoms with Crippen LogP contribution in [0.2, 0.25) is 0 Å². The average molecular weight is 375 g/mol. The lowest BCUT2D eigenvalue weighted by Crippen LogP contribution is -2.41. The van der Waals surface area contributed by atoms with Gasteiger partial charge < -0.3 is 20.3 Å². The van der Waals surface area contributed by atoms with E-state index < -0.39 is 6.10 Å². The van der Waals surface area contributed by atoms with Gasteiger partial charge in [0.15, 0.2) is 0 Å². The van der Waals surface area contributed by atoms with Crippen molar-refractivity contribution in [3.05, 3.63) is 30.1 Å². The molecule has 2 unspecified atom stereocenters. The number of nitrogens with one attached hydrogen (secondary N) is 2. The van der Waals surface area contributed by atoms with Crippen LogP contribution in [0.5, 0.6) is 0 Å². The molecule has 2 aromatic rings. The molecule has 0 radical (unpaired) electrons. The van der Waals surface area contributed by atoms with Crippen molar-refractivity contribution in [1.29, 1.82) is 0 Å². The van der Waals surface area contributed by atoms with Crippen molar-refractivity contribution in [2.24, 2.45) is 0 Å². The molecule has 0 saturated carbocycles. The normalized spacial score (nSPS) is 19.6. The zero-order chi connectivity index (χ0) is 15.5. The molecule has 1 saturated heterocycles. The number of aromatic nitrogens is 2. The highest BCUT2D eigenvalue weighted by molar-refractivity contribution is 5.85. The fourth-order valence-electron chi connectivity index (χ4n) is 3.01. The van der Waals surface area contributed by atoms with Gasteiger partial charge in [0, 0.05) is 26.1 Å². The van der Waals surface area contributed by atoms with E-state index in [-0.39, 0.29) is 36.8 Å². The monoisotopic (exact) mass is 374 g/mol. The summed E-state index contributed by atoms with van der Waals surface area (Å²) in [5.41, 5.74) is 2.12. The van der Waals surface area contributed by atoms with Crippen LogP contribution in [-0.2, 0) is 17.8 Å². The highest BCUT2D eigenvalue weighted by Gasteiger charge is 2.27. The summed E-state index contributed by atoms with van der Waals surface area (Å²) in [6, 6.07) is 7.79. The molecule has 0 aliphatic carbocycles. The van der Waals surface area contributed by atoms with Crippen LogP contribution < -0.4 is 10.6 Å². The number of amides is 1. The fourth-order valence-corrected chi connectivity index (χ4v) is 3.01. The lowest BCUT2D eigenvalue weighted by Gasteiger charge is -2.11. The molecule has 24 heavy (non-hydrogen) atoms. The van der Waals surface area contributed by atoms with Crippen LogP contribution in [0, 0.1) is 0 Å². The van der Waals surface area contributed by atoms with Crippen LogP contribution >= 0.6 is 24.8 Å². The number of hydrogen-bond acceptors (Lipinski definition) is 4. The van der Waals surface area contributed by atoms with Crippen LogP contribution in [0.1, 0.15) is 19.2 Å². The van der Waals surface area contributed by atoms with Gasteiger partial charge in [-0.3, -0.25) is 4.79 Å². The fraction of sp³-hybridized carbons (Fsp3) is 0.500. The molecule has 134 valence electrons. The van der Waals surface area contributed by atoms with Crippen molar-refractivity contribution < 1.29 is 9.90 Å². The Labute approximate surface area is 153 Å². The van der Waals surface area contributed by atoms with Crippen molar-refractivity contribution in [2.45, 2.75) is 38.5 Å². The Morgan fingerprint density at radius 2 is 2.17 bits per heavy atom. The number of benzene rings is 1. The van der Waals surface area contributed by atoms with Crippen molar-refractivity contribution >= 4 is 41.8 Å². The number of imidazole rings is 1. The lowest BCUT2D eigenvalue weighted by molar-refractivity contribution is -0.122. The van der Waals surface area contributed by atoms with Gasteiger partial charge in [0.05, 0.1) is 23.2 Å². The quantitative estimate of drug-likeness (QED) is 0.736. The predicted molar refractivity (Wildman–Crippen MR) is 99.0 cm³/mol. The van der Waals surface area contributed by atoms with Crippen LogP contribution in [0.3, 0.4) is 0 Å². The maximum Gasteiger partial charge on any atom is 0.237 e. The van der Waals surface area contributed by atoms with E-state index in [1.54, 1.807) is 0 Å². The minimum atomic E-state index is -0.417. The highest BCUT2D eigenvalue weighted by Crippen LogP contribution is 2.16. The van der Waals surface area contributed by atoms with Gasteiger partial charge in [0.1, 0.15) is 5.82 Å². The summed E-state index contributed by atoms with van der Waals surface area (Å²) in [7, 11) is 0. The number of aryl methyl sites for hydroxylation is 1. The Morgan fingerprint density at radius 1 is 1.42 bits per heavy atom. The average Bonchev–Trinajstić information content (AvgIpc) is 3.10. The van der Waals surface area contributed by atoms with E-state index in [4.69, 9.17) is 0 Å². The molecule has 2 heterocycles. The molecule has 0 spiro atoms. The summed E-state index contributed by atoms with van der Waals surface area (Å²) in [6.45, 7) is 4.00. The first kappa shape index (κ1) is 20.7. The molecular formula is C16H24Cl2N4O2. The van der Waals surface area contributed by atoms with Crippen LogP contribution in [0.4, 0.5) is 0 Å². The summed E-state index contributed by atoms with van der Waals surface area (Å²) in [6.07, 6.45) is 0.767. The third kappa shape index (κ3) is 4.39. The third-order valence-electron chi connectivity index (χ3n) is 4.12. The molecule has 0 bridgehead atoms. The number of β-amino-alcohol motifs (C(OH)–C–C–N with tert-alkyl or cyclic N) is 1. The van der Waals surface area contributed by atoms with E-state index in [2.05, 4.69) is 33.2 Å². The van der Waals surface area contributed by atoms with E-state index >= 15 is 0 Å². The van der Waals surface area contributed by atoms with Gasteiger partial charge in [-0.05, 0) is 25.5 Å². The number of hydrogen-bond donors (Lipinski definition) is 3. The Kier molecular flexibility index (Phi) is 7.96. The SMILES string of the molecule is CCn1c(CCNC(=O)C2CC(O)CN2)nc2ccccc21.Cl.Cl. The summed E-state index contributed by atoms with van der Waals surface area (Å²) in [5, 5.41) is 15.4. The molecule has 1 aliphatic rings. The van der Waals surface area contributed by atoms with Gasteiger partial charge in [0.25, 0.3) is 0 Å². The Bertz CT molecular complexity index is 677. The minimum Gasteiger partial charge on any atom is -0.392 e. The highest BCUT2D eigenvalue weighted by atomic mass is 35.5. The van der Waals surface area contributed by atoms with Crippen molar-refractivity contribution in [3.8, 4) is 0 Å². The zero-order valence-electron chi connectivity index (χ0n) is 13.6. The first-order chi connectivity index (χ1) is 10.7. The molecule has 8 heteroatoms. The zero-order valence-corrected chi connectivity index (χ0v) is 15.2. The summed E-state index contributed by atoms with van der Waals surface area (Å²) >= 11 is 0. The van der Waals surface area contributed by atoms with Crippen LogP contribution in [0.25, 0.3) is 11.0 Å². The standard InChI is InChI=1S/C16H22N4O2.2ClH/c1-2-20-14-6-4-3-5-12(14)19-15(20)7-8-17-16(22)13-9-11(21)10-18-13;;/h3-6,11,13,18,21H,2,7-10H2,1H3,(H,17,22);2*1H. The van der Waals surface area contributed by atoms with E-state index in [9.17, 15) is 9.90 Å². The maximum atomic E-state index is 12.0. The molecule has 2 atom stereocenters. The number of para-hydroxylation sites is 2. The molecule has 1 fully saturated rings. The number of fused-ring (bicyclic) bond motifs is 1. The molecular weight excluding hydrogens is 351 g/mol. The smallest absolute Gasteiger partial charge is 0.237 e. The first-order valence-electron chi connectivity index (χ1n) is 7.82. The molecule has 1 amide bonds. The van der Waals surface area contributed by atoms with Gasteiger partial charge in [-0.1, -0.05) is 12.1 Å². The second kappa shape index (κ2) is 9.22. The number of aliphatic hydroxyl groups is 1. The largest absolute Gasteiger partial charge is 0.392 e. The van der Waals surface area contributed by atoms with Gasteiger partial charge in [-0.2, -0.15) is 0 Å². The molecule has 3 rings (SSSR count).